The highest BCUT2D eigenvalue weighted by molar-refractivity contribution is 6.06. The number of carbonyl (C=O) groups is 4. The highest BCUT2D eigenvalue weighted by Crippen LogP contribution is 2.32. The SMILES string of the molecule is CC(=O)N[C@@H]1CCCN(c2nnc(NC=O)c(Nc3ccc(N4CCN(CC5CCN(c6ccc(N7CCC(=O)NC7=O)c(C)c6)CC5)CC4)c(F)c3)n2)C1. The summed E-state index contributed by atoms with van der Waals surface area (Å²) in [6.07, 6.45) is 4.67. The van der Waals surface area contributed by atoms with Crippen LogP contribution in [0.4, 0.5) is 49.5 Å². The summed E-state index contributed by atoms with van der Waals surface area (Å²) < 4.78 is 15.6. The van der Waals surface area contributed by atoms with Gasteiger partial charge >= 0.3 is 6.03 Å². The van der Waals surface area contributed by atoms with Crippen LogP contribution in [0.3, 0.4) is 0 Å². The number of piperidine rings is 2. The van der Waals surface area contributed by atoms with E-state index in [1.807, 2.05) is 17.9 Å². The van der Waals surface area contributed by atoms with Gasteiger partial charge in [-0.3, -0.25) is 29.5 Å². The highest BCUT2D eigenvalue weighted by atomic mass is 19.1. The van der Waals surface area contributed by atoms with Gasteiger partial charge in [-0.1, -0.05) is 0 Å². The van der Waals surface area contributed by atoms with E-state index in [0.717, 1.165) is 88.4 Å². The van der Waals surface area contributed by atoms with Gasteiger partial charge in [-0.25, -0.2) is 9.18 Å². The van der Waals surface area contributed by atoms with Crippen molar-refractivity contribution >= 4 is 64.6 Å². The largest absolute Gasteiger partial charge is 0.372 e. The first-order valence-corrected chi connectivity index (χ1v) is 19.1. The molecule has 4 N–H and O–H groups in total. The van der Waals surface area contributed by atoms with E-state index in [-0.39, 0.29) is 41.3 Å². The van der Waals surface area contributed by atoms with E-state index in [0.29, 0.717) is 55.7 Å². The molecule has 0 bridgehead atoms. The van der Waals surface area contributed by atoms with Crippen LogP contribution >= 0.6 is 0 Å². The van der Waals surface area contributed by atoms with E-state index in [1.54, 1.807) is 17.0 Å². The maximum absolute atomic E-state index is 15.6. The van der Waals surface area contributed by atoms with Crippen LogP contribution in [0.2, 0.25) is 0 Å². The number of aryl methyl sites for hydroxylation is 1. The Hall–Kier alpha value is -5.58. The number of hydrogen-bond acceptors (Lipinski definition) is 12. The number of nitrogens with one attached hydrogen (secondary N) is 4. The minimum Gasteiger partial charge on any atom is -0.372 e. The maximum atomic E-state index is 15.6. The number of hydrogen-bond donors (Lipinski definition) is 4. The third-order valence-electron chi connectivity index (χ3n) is 10.9. The van der Waals surface area contributed by atoms with E-state index in [2.05, 4.69) is 63.3 Å². The topological polar surface area (TPSA) is 171 Å². The number of urea groups is 1. The van der Waals surface area contributed by atoms with Gasteiger partial charge in [0.25, 0.3) is 0 Å². The first-order valence-electron chi connectivity index (χ1n) is 19.1. The Morgan fingerprint density at radius 1 is 0.909 bits per heavy atom. The smallest absolute Gasteiger partial charge is 0.328 e. The normalized spacial score (nSPS) is 19.9. The molecule has 4 aliphatic heterocycles. The van der Waals surface area contributed by atoms with Gasteiger partial charge in [0.05, 0.1) is 5.69 Å². The molecule has 4 saturated heterocycles. The van der Waals surface area contributed by atoms with Crippen molar-refractivity contribution in [3.8, 4) is 0 Å². The van der Waals surface area contributed by atoms with Crippen molar-refractivity contribution < 1.29 is 23.6 Å². The molecule has 0 unspecified atom stereocenters. The van der Waals surface area contributed by atoms with Crippen LogP contribution in [0.25, 0.3) is 0 Å². The molecule has 0 radical (unpaired) electrons. The van der Waals surface area contributed by atoms with E-state index >= 15 is 4.39 Å². The van der Waals surface area contributed by atoms with Crippen LogP contribution in [0.5, 0.6) is 0 Å². The van der Waals surface area contributed by atoms with Crippen LogP contribution in [0.15, 0.2) is 36.4 Å². The second kappa shape index (κ2) is 16.8. The molecular weight excluding hydrogens is 707 g/mol. The van der Waals surface area contributed by atoms with E-state index in [9.17, 15) is 19.2 Å². The molecule has 17 heteroatoms. The van der Waals surface area contributed by atoms with Crippen LogP contribution in [0, 0.1) is 18.7 Å². The Morgan fingerprint density at radius 2 is 1.69 bits per heavy atom. The number of piperazine rings is 1. The summed E-state index contributed by atoms with van der Waals surface area (Å²) in [6.45, 7) is 11.2. The second-order valence-corrected chi connectivity index (χ2v) is 14.8. The second-order valence-electron chi connectivity index (χ2n) is 14.8. The fourth-order valence-corrected chi connectivity index (χ4v) is 8.08. The van der Waals surface area contributed by atoms with Gasteiger partial charge < -0.3 is 30.7 Å². The monoisotopic (exact) mass is 756 g/mol. The fourth-order valence-electron chi connectivity index (χ4n) is 8.08. The summed E-state index contributed by atoms with van der Waals surface area (Å²) in [5.41, 5.74) is 3.99. The molecule has 5 amide bonds. The zero-order chi connectivity index (χ0) is 38.5. The molecule has 4 fully saturated rings. The Morgan fingerprint density at radius 3 is 2.40 bits per heavy atom. The number of amides is 5. The van der Waals surface area contributed by atoms with Crippen LogP contribution in [-0.4, -0.2) is 116 Å². The molecule has 1 aromatic heterocycles. The molecule has 7 rings (SSSR count). The quantitative estimate of drug-likeness (QED) is 0.211. The van der Waals surface area contributed by atoms with Gasteiger partial charge in [0.15, 0.2) is 11.6 Å². The zero-order valence-electron chi connectivity index (χ0n) is 31.4. The molecule has 0 spiro atoms. The van der Waals surface area contributed by atoms with Crippen LogP contribution < -0.4 is 40.9 Å². The molecule has 1 atom stereocenters. The standard InChI is InChI=1S/C38H49FN12O4/c1-25-20-30(6-8-32(25)51-15-11-34(54)43-38(51)55)48-13-9-27(10-14-48)22-47-16-18-49(19-17-47)33-7-5-28(21-31(33)39)42-36-35(40-24-52)45-46-37(44-36)50-12-3-4-29(23-50)41-26(2)53/h5-8,20-21,24,27,29H,3-4,9-19,22-23H2,1-2H3,(H,41,53)(H,40,45,52)(H,42,44,46)(H,43,54,55)/t29-/m1/s1. The first-order chi connectivity index (χ1) is 26.6. The van der Waals surface area contributed by atoms with Crippen molar-refractivity contribution in [2.75, 3.05) is 95.7 Å². The molecule has 3 aromatic rings. The van der Waals surface area contributed by atoms with Crippen molar-refractivity contribution in [2.24, 2.45) is 5.92 Å². The fraction of sp³-hybridized carbons (Fsp3) is 0.500. The van der Waals surface area contributed by atoms with E-state index in [1.165, 1.54) is 13.0 Å². The van der Waals surface area contributed by atoms with Gasteiger partial charge in [0.1, 0.15) is 5.82 Å². The van der Waals surface area contributed by atoms with Crippen molar-refractivity contribution in [1.29, 1.82) is 0 Å². The minimum absolute atomic E-state index is 0.0318. The average Bonchev–Trinajstić information content (AvgIpc) is 3.17. The lowest BCUT2D eigenvalue weighted by atomic mass is 9.95. The summed E-state index contributed by atoms with van der Waals surface area (Å²) in [4.78, 5) is 62.0. The predicted molar refractivity (Wildman–Crippen MR) is 209 cm³/mol. The van der Waals surface area contributed by atoms with Gasteiger partial charge in [-0.15, -0.1) is 10.2 Å². The lowest BCUT2D eigenvalue weighted by Gasteiger charge is -2.40. The maximum Gasteiger partial charge on any atom is 0.328 e. The predicted octanol–water partition coefficient (Wildman–Crippen LogP) is 3.22. The van der Waals surface area contributed by atoms with Crippen LogP contribution in [0.1, 0.15) is 44.6 Å². The Labute approximate surface area is 319 Å². The zero-order valence-corrected chi connectivity index (χ0v) is 31.4. The molecule has 55 heavy (non-hydrogen) atoms. The van der Waals surface area contributed by atoms with Crippen molar-refractivity contribution in [1.82, 2.24) is 30.7 Å². The number of imide groups is 1. The lowest BCUT2D eigenvalue weighted by Crippen LogP contribution is -2.49. The molecule has 2 aromatic carbocycles. The summed E-state index contributed by atoms with van der Waals surface area (Å²) >= 11 is 0. The molecule has 292 valence electrons. The van der Waals surface area contributed by atoms with Gasteiger partial charge in [-0.2, -0.15) is 4.98 Å². The molecule has 4 aliphatic rings. The van der Waals surface area contributed by atoms with Gasteiger partial charge in [0.2, 0.25) is 24.2 Å². The van der Waals surface area contributed by atoms with E-state index < -0.39 is 0 Å². The van der Waals surface area contributed by atoms with Crippen molar-refractivity contribution in [3.05, 3.63) is 47.8 Å². The lowest BCUT2D eigenvalue weighted by molar-refractivity contribution is -0.120. The number of halogens is 1. The summed E-state index contributed by atoms with van der Waals surface area (Å²) in [5, 5.41) is 19.3. The van der Waals surface area contributed by atoms with Gasteiger partial charge in [0, 0.05) is 102 Å². The summed E-state index contributed by atoms with van der Waals surface area (Å²) in [6, 6.07) is 10.8. The summed E-state index contributed by atoms with van der Waals surface area (Å²) in [5.74, 6) is 0.606. The molecule has 16 nitrogen and oxygen atoms in total. The third kappa shape index (κ3) is 9.04. The Bertz CT molecular complexity index is 1900. The molecular formula is C38H49FN12O4. The molecule has 0 saturated carbocycles. The Kier molecular flexibility index (Phi) is 11.5. The average molecular weight is 757 g/mol. The first kappa shape index (κ1) is 37.7. The number of anilines is 7. The van der Waals surface area contributed by atoms with E-state index in [4.69, 9.17) is 0 Å². The third-order valence-corrected chi connectivity index (χ3v) is 10.9. The van der Waals surface area contributed by atoms with Crippen molar-refractivity contribution in [3.63, 3.8) is 0 Å². The molecule has 5 heterocycles. The van der Waals surface area contributed by atoms with Crippen LogP contribution in [-0.2, 0) is 14.4 Å². The molecule has 0 aliphatic carbocycles. The Balaban J connectivity index is 0.898. The van der Waals surface area contributed by atoms with Crippen molar-refractivity contribution in [2.45, 2.75) is 52.0 Å². The van der Waals surface area contributed by atoms with Gasteiger partial charge in [-0.05, 0) is 80.5 Å². The highest BCUT2D eigenvalue weighted by Gasteiger charge is 2.28. The number of rotatable bonds is 11. The summed E-state index contributed by atoms with van der Waals surface area (Å²) in [7, 11) is 0. The number of nitrogens with zero attached hydrogens (tertiary/aromatic N) is 8. The number of benzene rings is 2. The number of carbonyl (C=O) groups excluding carboxylic acids is 4. The minimum atomic E-state index is -0.367. The number of aromatic nitrogens is 3.